The van der Waals surface area contributed by atoms with Crippen LogP contribution in [-0.2, 0) is 0 Å². The summed E-state index contributed by atoms with van der Waals surface area (Å²) in [5.74, 6) is 1.58. The highest BCUT2D eigenvalue weighted by Crippen LogP contribution is 2.39. The van der Waals surface area contributed by atoms with Gasteiger partial charge in [0.1, 0.15) is 5.69 Å². The number of carbonyl (C=O) groups is 1. The van der Waals surface area contributed by atoms with Crippen molar-refractivity contribution in [2.24, 2.45) is 0 Å². The second kappa shape index (κ2) is 8.24. The zero-order valence-corrected chi connectivity index (χ0v) is 17.5. The molecule has 8 heteroatoms. The molecule has 2 aromatic heterocycles. The Bertz CT molecular complexity index is 1020. The summed E-state index contributed by atoms with van der Waals surface area (Å²) < 4.78 is 16.9. The van der Waals surface area contributed by atoms with Crippen LogP contribution in [0, 0.1) is 0 Å². The van der Waals surface area contributed by atoms with Gasteiger partial charge in [-0.1, -0.05) is 12.8 Å². The third-order valence-electron chi connectivity index (χ3n) is 5.13. The average molecular weight is 413 g/mol. The summed E-state index contributed by atoms with van der Waals surface area (Å²) in [6.45, 7) is 0. The number of ether oxygens (including phenoxy) is 3. The fourth-order valence-electron chi connectivity index (χ4n) is 3.68. The third-order valence-corrected chi connectivity index (χ3v) is 6.04. The van der Waals surface area contributed by atoms with Crippen molar-refractivity contribution in [1.82, 2.24) is 9.97 Å². The van der Waals surface area contributed by atoms with Gasteiger partial charge in [0.05, 0.1) is 31.5 Å². The molecule has 1 aliphatic rings. The molecule has 152 valence electrons. The van der Waals surface area contributed by atoms with Crippen molar-refractivity contribution in [3.63, 3.8) is 0 Å². The molecule has 0 radical (unpaired) electrons. The maximum Gasteiger partial charge on any atom is 0.224 e. The van der Waals surface area contributed by atoms with E-state index in [1.807, 2.05) is 11.4 Å². The Balaban J connectivity index is 1.77. The average Bonchev–Trinajstić information content (AvgIpc) is 3.43. The summed E-state index contributed by atoms with van der Waals surface area (Å²) in [7, 11) is 4.58. The van der Waals surface area contributed by atoms with E-state index in [4.69, 9.17) is 14.2 Å². The number of anilines is 1. The molecule has 1 aliphatic carbocycles. The van der Waals surface area contributed by atoms with Crippen LogP contribution >= 0.6 is 11.3 Å². The molecule has 0 spiro atoms. The van der Waals surface area contributed by atoms with Gasteiger partial charge in [-0.05, 0) is 36.4 Å². The fourth-order valence-corrected chi connectivity index (χ4v) is 4.50. The van der Waals surface area contributed by atoms with Crippen molar-refractivity contribution in [1.29, 1.82) is 0 Å². The van der Waals surface area contributed by atoms with E-state index in [2.05, 4.69) is 15.3 Å². The van der Waals surface area contributed by atoms with Gasteiger partial charge >= 0.3 is 0 Å². The lowest BCUT2D eigenvalue weighted by Crippen LogP contribution is -2.18. The topological polar surface area (TPSA) is 82.6 Å². The number of hydrogen-bond acceptors (Lipinski definition) is 8. The first-order valence-corrected chi connectivity index (χ1v) is 10.4. The van der Waals surface area contributed by atoms with Crippen LogP contribution in [0.25, 0.3) is 10.2 Å². The molecule has 0 bridgehead atoms. The first-order chi connectivity index (χ1) is 14.1. The second-order valence-corrected chi connectivity index (χ2v) is 7.82. The Morgan fingerprint density at radius 3 is 2.38 bits per heavy atom. The summed E-state index contributed by atoms with van der Waals surface area (Å²) in [5.41, 5.74) is 1.56. The fraction of sp³-hybridized carbons (Fsp3) is 0.381. The van der Waals surface area contributed by atoms with Crippen LogP contribution in [0.1, 0.15) is 41.7 Å². The normalized spacial score (nSPS) is 14.2. The predicted molar refractivity (Wildman–Crippen MR) is 113 cm³/mol. The SMILES string of the molecule is COc1cc(C(=O)c2nc(NC3CCCC3)nc3ccsc23)cc(OC)c1OC. The van der Waals surface area contributed by atoms with Crippen molar-refractivity contribution < 1.29 is 19.0 Å². The van der Waals surface area contributed by atoms with Crippen LogP contribution in [-0.4, -0.2) is 43.1 Å². The Kier molecular flexibility index (Phi) is 5.53. The minimum absolute atomic E-state index is 0.214. The van der Waals surface area contributed by atoms with Gasteiger partial charge in [0.15, 0.2) is 11.5 Å². The molecular weight excluding hydrogens is 390 g/mol. The molecule has 0 amide bonds. The van der Waals surface area contributed by atoms with Gasteiger partial charge in [-0.3, -0.25) is 4.79 Å². The van der Waals surface area contributed by atoms with Gasteiger partial charge in [0.2, 0.25) is 17.5 Å². The molecular formula is C21H23N3O4S. The third kappa shape index (κ3) is 3.72. The van der Waals surface area contributed by atoms with Crippen LogP contribution in [0.2, 0.25) is 0 Å². The number of carbonyl (C=O) groups excluding carboxylic acids is 1. The molecule has 1 saturated carbocycles. The van der Waals surface area contributed by atoms with Gasteiger partial charge in [-0.15, -0.1) is 11.3 Å². The van der Waals surface area contributed by atoms with Gasteiger partial charge in [-0.25, -0.2) is 9.97 Å². The predicted octanol–water partition coefficient (Wildman–Crippen LogP) is 4.30. The number of hydrogen-bond donors (Lipinski definition) is 1. The number of rotatable bonds is 7. The zero-order chi connectivity index (χ0) is 20.4. The molecule has 7 nitrogen and oxygen atoms in total. The molecule has 0 aliphatic heterocycles. The summed E-state index contributed by atoms with van der Waals surface area (Å²) in [5, 5.41) is 5.31. The lowest BCUT2D eigenvalue weighted by atomic mass is 10.1. The lowest BCUT2D eigenvalue weighted by molar-refractivity contribution is 0.103. The molecule has 1 N–H and O–H groups in total. The molecule has 4 rings (SSSR count). The summed E-state index contributed by atoms with van der Waals surface area (Å²) in [6, 6.07) is 5.56. The lowest BCUT2D eigenvalue weighted by Gasteiger charge is -2.15. The number of benzene rings is 1. The zero-order valence-electron chi connectivity index (χ0n) is 16.7. The quantitative estimate of drug-likeness (QED) is 0.578. The Morgan fingerprint density at radius 1 is 1.07 bits per heavy atom. The number of thiophene rings is 1. The highest BCUT2D eigenvalue weighted by molar-refractivity contribution is 7.17. The molecule has 1 fully saturated rings. The van der Waals surface area contributed by atoms with Crippen LogP contribution in [0.4, 0.5) is 5.95 Å². The number of nitrogens with zero attached hydrogens (tertiary/aromatic N) is 2. The number of fused-ring (bicyclic) bond motifs is 1. The summed E-state index contributed by atoms with van der Waals surface area (Å²) >= 11 is 1.46. The monoisotopic (exact) mass is 413 g/mol. The molecule has 0 saturated heterocycles. The van der Waals surface area contributed by atoms with Gasteiger partial charge in [-0.2, -0.15) is 0 Å². The summed E-state index contributed by atoms with van der Waals surface area (Å²) in [6.07, 6.45) is 4.60. The van der Waals surface area contributed by atoms with E-state index in [1.54, 1.807) is 12.1 Å². The minimum atomic E-state index is -0.214. The summed E-state index contributed by atoms with van der Waals surface area (Å²) in [4.78, 5) is 22.6. The van der Waals surface area contributed by atoms with Gasteiger partial charge in [0, 0.05) is 11.6 Å². The maximum atomic E-state index is 13.4. The molecule has 1 aromatic carbocycles. The van der Waals surface area contributed by atoms with E-state index in [0.717, 1.165) is 23.1 Å². The first kappa shape index (κ1) is 19.4. The molecule has 2 heterocycles. The van der Waals surface area contributed by atoms with Crippen LogP contribution in [0.3, 0.4) is 0 Å². The van der Waals surface area contributed by atoms with Crippen molar-refractivity contribution >= 4 is 33.3 Å². The van der Waals surface area contributed by atoms with E-state index in [9.17, 15) is 4.79 Å². The van der Waals surface area contributed by atoms with Crippen molar-refractivity contribution in [2.45, 2.75) is 31.7 Å². The van der Waals surface area contributed by atoms with E-state index >= 15 is 0 Å². The van der Waals surface area contributed by atoms with E-state index in [-0.39, 0.29) is 5.78 Å². The van der Waals surface area contributed by atoms with Crippen LogP contribution in [0.15, 0.2) is 23.6 Å². The molecule has 3 aromatic rings. The molecule has 0 unspecified atom stereocenters. The number of ketones is 1. The van der Waals surface area contributed by atoms with E-state index in [1.165, 1.54) is 45.5 Å². The van der Waals surface area contributed by atoms with Gasteiger partial charge in [0.25, 0.3) is 0 Å². The van der Waals surface area contributed by atoms with E-state index < -0.39 is 0 Å². The highest BCUT2D eigenvalue weighted by atomic mass is 32.1. The number of methoxy groups -OCH3 is 3. The number of aromatic nitrogens is 2. The molecule has 0 atom stereocenters. The minimum Gasteiger partial charge on any atom is -0.493 e. The van der Waals surface area contributed by atoms with Crippen molar-refractivity contribution in [2.75, 3.05) is 26.6 Å². The number of nitrogens with one attached hydrogen (secondary N) is 1. The first-order valence-electron chi connectivity index (χ1n) is 9.51. The Morgan fingerprint density at radius 2 is 1.76 bits per heavy atom. The Hall–Kier alpha value is -2.87. The largest absolute Gasteiger partial charge is 0.493 e. The van der Waals surface area contributed by atoms with Crippen molar-refractivity contribution in [3.8, 4) is 17.2 Å². The smallest absolute Gasteiger partial charge is 0.224 e. The van der Waals surface area contributed by atoms with Gasteiger partial charge < -0.3 is 19.5 Å². The van der Waals surface area contributed by atoms with E-state index in [0.29, 0.717) is 40.5 Å². The Labute approximate surface area is 173 Å². The highest BCUT2D eigenvalue weighted by Gasteiger charge is 2.23. The molecule has 29 heavy (non-hydrogen) atoms. The maximum absolute atomic E-state index is 13.4. The van der Waals surface area contributed by atoms with Crippen LogP contribution in [0.5, 0.6) is 17.2 Å². The second-order valence-electron chi connectivity index (χ2n) is 6.90. The standard InChI is InChI=1S/C21H23N3O4S/c1-26-15-10-12(11-16(27-2)19(15)28-3)18(25)17-20-14(8-9-29-20)23-21(24-17)22-13-6-4-5-7-13/h8-11,13H,4-7H2,1-3H3,(H,22,23,24). The van der Waals surface area contributed by atoms with Crippen LogP contribution < -0.4 is 19.5 Å². The van der Waals surface area contributed by atoms with Crippen molar-refractivity contribution in [3.05, 3.63) is 34.8 Å².